The standard InChI is InChI=1S/C13H14ClN3O3S/c1-2-15-11(18)6-16-12(19)7-21-13-17-9-4-3-8(14)5-10(9)20-13/h3-5H,2,6-7H2,1H3,(H,15,18)(H,16,19). The number of hydrogen-bond acceptors (Lipinski definition) is 5. The Morgan fingerprint density at radius 1 is 1.33 bits per heavy atom. The fourth-order valence-corrected chi connectivity index (χ4v) is 2.39. The highest BCUT2D eigenvalue weighted by Gasteiger charge is 2.10. The van der Waals surface area contributed by atoms with Crippen LogP contribution >= 0.6 is 23.4 Å². The number of rotatable bonds is 6. The van der Waals surface area contributed by atoms with Gasteiger partial charge in [0, 0.05) is 17.6 Å². The first-order chi connectivity index (χ1) is 10.1. The second-order valence-electron chi connectivity index (χ2n) is 4.11. The van der Waals surface area contributed by atoms with Gasteiger partial charge >= 0.3 is 0 Å². The number of nitrogens with one attached hydrogen (secondary N) is 2. The van der Waals surface area contributed by atoms with E-state index in [1.165, 1.54) is 0 Å². The van der Waals surface area contributed by atoms with Gasteiger partial charge in [0.2, 0.25) is 11.8 Å². The number of likely N-dealkylation sites (N-methyl/N-ethyl adjacent to an activating group) is 1. The average molecular weight is 328 g/mol. The van der Waals surface area contributed by atoms with Gasteiger partial charge in [-0.3, -0.25) is 9.59 Å². The van der Waals surface area contributed by atoms with Crippen LogP contribution in [0.3, 0.4) is 0 Å². The van der Waals surface area contributed by atoms with E-state index in [4.69, 9.17) is 16.0 Å². The Balaban J connectivity index is 1.84. The summed E-state index contributed by atoms with van der Waals surface area (Å²) < 4.78 is 5.47. The van der Waals surface area contributed by atoms with E-state index in [-0.39, 0.29) is 24.1 Å². The normalized spacial score (nSPS) is 10.6. The van der Waals surface area contributed by atoms with Gasteiger partial charge < -0.3 is 15.1 Å². The lowest BCUT2D eigenvalue weighted by molar-refractivity contribution is -0.124. The quantitative estimate of drug-likeness (QED) is 0.791. The van der Waals surface area contributed by atoms with Crippen LogP contribution in [0.2, 0.25) is 5.02 Å². The SMILES string of the molecule is CCNC(=O)CNC(=O)CSc1nc2ccc(Cl)cc2o1. The molecule has 2 aromatic rings. The smallest absolute Gasteiger partial charge is 0.257 e. The number of benzene rings is 1. The van der Waals surface area contributed by atoms with Crippen LogP contribution in [0.1, 0.15) is 6.92 Å². The van der Waals surface area contributed by atoms with Crippen molar-refractivity contribution < 1.29 is 14.0 Å². The number of carbonyl (C=O) groups is 2. The van der Waals surface area contributed by atoms with Crippen molar-refractivity contribution in [1.82, 2.24) is 15.6 Å². The Labute approximate surface area is 130 Å². The molecule has 0 saturated carbocycles. The molecule has 1 heterocycles. The molecular weight excluding hydrogens is 314 g/mol. The van der Waals surface area contributed by atoms with Crippen LogP contribution in [-0.4, -0.2) is 35.6 Å². The maximum absolute atomic E-state index is 11.6. The monoisotopic (exact) mass is 327 g/mol. The third-order valence-electron chi connectivity index (χ3n) is 2.48. The number of nitrogens with zero attached hydrogens (tertiary/aromatic N) is 1. The first-order valence-corrected chi connectivity index (χ1v) is 7.67. The molecule has 0 spiro atoms. The minimum absolute atomic E-state index is 0.0313. The summed E-state index contributed by atoms with van der Waals surface area (Å²) in [6, 6.07) is 5.14. The lowest BCUT2D eigenvalue weighted by atomic mass is 10.3. The molecule has 2 rings (SSSR count). The summed E-state index contributed by atoms with van der Waals surface area (Å²) in [5.41, 5.74) is 1.26. The van der Waals surface area contributed by atoms with Crippen LogP contribution in [0.4, 0.5) is 0 Å². The number of oxazole rings is 1. The Bertz CT molecular complexity index is 659. The van der Waals surface area contributed by atoms with Crippen LogP contribution in [0.15, 0.2) is 27.8 Å². The molecule has 0 saturated heterocycles. The molecule has 6 nitrogen and oxygen atoms in total. The Hall–Kier alpha value is -1.73. The van der Waals surface area contributed by atoms with Gasteiger partial charge in [-0.05, 0) is 19.1 Å². The van der Waals surface area contributed by atoms with Crippen LogP contribution < -0.4 is 10.6 Å². The molecule has 8 heteroatoms. The summed E-state index contributed by atoms with van der Waals surface area (Å²) in [5.74, 6) is -0.348. The number of aromatic nitrogens is 1. The van der Waals surface area contributed by atoms with Gasteiger partial charge in [-0.15, -0.1) is 0 Å². The van der Waals surface area contributed by atoms with Crippen molar-refractivity contribution in [1.29, 1.82) is 0 Å². The zero-order valence-corrected chi connectivity index (χ0v) is 12.9. The second kappa shape index (κ2) is 7.33. The first kappa shape index (κ1) is 15.7. The van der Waals surface area contributed by atoms with Crippen molar-refractivity contribution in [2.24, 2.45) is 0 Å². The summed E-state index contributed by atoms with van der Waals surface area (Å²) in [7, 11) is 0. The number of hydrogen-bond donors (Lipinski definition) is 2. The van der Waals surface area contributed by atoms with Crippen LogP contribution in [0.25, 0.3) is 11.1 Å². The molecule has 21 heavy (non-hydrogen) atoms. The van der Waals surface area contributed by atoms with Crippen molar-refractivity contribution >= 4 is 46.3 Å². The van der Waals surface area contributed by atoms with E-state index in [9.17, 15) is 9.59 Å². The summed E-state index contributed by atoms with van der Waals surface area (Å²) in [6.07, 6.45) is 0. The van der Waals surface area contributed by atoms with Crippen LogP contribution in [0.5, 0.6) is 0 Å². The molecule has 0 atom stereocenters. The van der Waals surface area contributed by atoms with Gasteiger partial charge in [-0.1, -0.05) is 23.4 Å². The van der Waals surface area contributed by atoms with Gasteiger partial charge in [-0.2, -0.15) is 0 Å². The number of fused-ring (bicyclic) bond motifs is 1. The van der Waals surface area contributed by atoms with Crippen LogP contribution in [-0.2, 0) is 9.59 Å². The van der Waals surface area contributed by atoms with Gasteiger partial charge in [0.25, 0.3) is 5.22 Å². The zero-order valence-electron chi connectivity index (χ0n) is 11.3. The highest BCUT2D eigenvalue weighted by Crippen LogP contribution is 2.25. The predicted molar refractivity (Wildman–Crippen MR) is 81.4 cm³/mol. The molecule has 1 aromatic carbocycles. The van der Waals surface area contributed by atoms with Gasteiger partial charge in [-0.25, -0.2) is 4.98 Å². The summed E-state index contributed by atoms with van der Waals surface area (Å²) in [6.45, 7) is 2.32. The molecule has 0 fully saturated rings. The number of amides is 2. The Morgan fingerprint density at radius 2 is 2.14 bits per heavy atom. The molecule has 0 unspecified atom stereocenters. The molecule has 0 aliphatic carbocycles. The molecule has 0 bridgehead atoms. The summed E-state index contributed by atoms with van der Waals surface area (Å²) in [5, 5.41) is 6.07. The van der Waals surface area contributed by atoms with Gasteiger partial charge in [0.05, 0.1) is 12.3 Å². The third-order valence-corrected chi connectivity index (χ3v) is 3.54. The molecule has 112 valence electrons. The zero-order chi connectivity index (χ0) is 15.2. The Morgan fingerprint density at radius 3 is 2.90 bits per heavy atom. The number of thioether (sulfide) groups is 1. The highest BCUT2D eigenvalue weighted by molar-refractivity contribution is 7.99. The van der Waals surface area contributed by atoms with Crippen LogP contribution in [0, 0.1) is 0 Å². The number of halogens is 1. The van der Waals surface area contributed by atoms with E-state index in [0.29, 0.717) is 27.9 Å². The number of carbonyl (C=O) groups excluding carboxylic acids is 2. The van der Waals surface area contributed by atoms with E-state index in [0.717, 1.165) is 11.8 Å². The molecule has 2 amide bonds. The van der Waals surface area contributed by atoms with Gasteiger partial charge in [0.1, 0.15) is 5.52 Å². The third kappa shape index (κ3) is 4.64. The van der Waals surface area contributed by atoms with Crippen molar-refractivity contribution in [2.75, 3.05) is 18.8 Å². The molecule has 0 radical (unpaired) electrons. The maximum Gasteiger partial charge on any atom is 0.257 e. The topological polar surface area (TPSA) is 84.2 Å². The average Bonchev–Trinajstić information content (AvgIpc) is 2.85. The van der Waals surface area contributed by atoms with E-state index in [1.54, 1.807) is 18.2 Å². The largest absolute Gasteiger partial charge is 0.431 e. The fraction of sp³-hybridized carbons (Fsp3) is 0.308. The van der Waals surface area contributed by atoms with Gasteiger partial charge in [0.15, 0.2) is 5.58 Å². The molecule has 2 N–H and O–H groups in total. The molecule has 1 aromatic heterocycles. The van der Waals surface area contributed by atoms with E-state index >= 15 is 0 Å². The molecule has 0 aliphatic heterocycles. The summed E-state index contributed by atoms with van der Waals surface area (Å²) in [4.78, 5) is 27.0. The van der Waals surface area contributed by atoms with E-state index in [2.05, 4.69) is 15.6 Å². The summed E-state index contributed by atoms with van der Waals surface area (Å²) >= 11 is 7.02. The van der Waals surface area contributed by atoms with Crippen molar-refractivity contribution in [3.8, 4) is 0 Å². The maximum atomic E-state index is 11.6. The van der Waals surface area contributed by atoms with Crippen molar-refractivity contribution in [3.63, 3.8) is 0 Å². The fourth-order valence-electron chi connectivity index (χ4n) is 1.56. The van der Waals surface area contributed by atoms with E-state index in [1.807, 2.05) is 6.92 Å². The van der Waals surface area contributed by atoms with Crippen molar-refractivity contribution in [2.45, 2.75) is 12.1 Å². The minimum atomic E-state index is -0.258. The lowest BCUT2D eigenvalue weighted by Crippen LogP contribution is -2.37. The molecular formula is C13H14ClN3O3S. The predicted octanol–water partition coefficient (Wildman–Crippen LogP) is 1.83. The van der Waals surface area contributed by atoms with Crippen molar-refractivity contribution in [3.05, 3.63) is 23.2 Å². The minimum Gasteiger partial charge on any atom is -0.431 e. The Kier molecular flexibility index (Phi) is 5.46. The second-order valence-corrected chi connectivity index (χ2v) is 5.47. The first-order valence-electron chi connectivity index (χ1n) is 6.30. The highest BCUT2D eigenvalue weighted by atomic mass is 35.5. The molecule has 0 aliphatic rings. The lowest BCUT2D eigenvalue weighted by Gasteiger charge is -2.03. The van der Waals surface area contributed by atoms with E-state index < -0.39 is 0 Å².